The molecule has 8 nitrogen and oxygen atoms in total. The number of amides is 2. The number of aryl methyl sites for hydroxylation is 2. The van der Waals surface area contributed by atoms with Crippen LogP contribution in [0.15, 0.2) is 79.1 Å². The highest BCUT2D eigenvalue weighted by Gasteiger charge is 2.24. The average Bonchev–Trinajstić information content (AvgIpc) is 2.92. The van der Waals surface area contributed by atoms with Gasteiger partial charge in [-0.1, -0.05) is 48.0 Å². The van der Waals surface area contributed by atoms with E-state index in [0.29, 0.717) is 16.8 Å². The summed E-state index contributed by atoms with van der Waals surface area (Å²) in [4.78, 5) is 42.8. The Labute approximate surface area is 242 Å². The quantitative estimate of drug-likeness (QED) is 0.242. The maximum absolute atomic E-state index is 13.5. The number of nitrogens with one attached hydrogen (secondary N) is 2. The molecule has 0 fully saturated rings. The van der Waals surface area contributed by atoms with E-state index in [-0.39, 0.29) is 23.6 Å². The lowest BCUT2D eigenvalue weighted by Crippen LogP contribution is -2.37. The molecule has 41 heavy (non-hydrogen) atoms. The lowest BCUT2D eigenvalue weighted by molar-refractivity contribution is -0.117. The fourth-order valence-electron chi connectivity index (χ4n) is 4.24. The highest BCUT2D eigenvalue weighted by molar-refractivity contribution is 5.98. The van der Waals surface area contributed by atoms with Crippen molar-refractivity contribution in [1.29, 1.82) is 0 Å². The zero-order valence-corrected chi connectivity index (χ0v) is 23.8. The molecular formula is C33H35N3O5. The van der Waals surface area contributed by atoms with Gasteiger partial charge in [0, 0.05) is 30.0 Å². The number of aromatic nitrogens is 1. The lowest BCUT2D eigenvalue weighted by atomic mass is 9.96. The molecular weight excluding hydrogens is 518 g/mol. The van der Waals surface area contributed by atoms with Crippen LogP contribution in [-0.2, 0) is 20.8 Å². The monoisotopic (exact) mass is 555 g/mol. The largest absolute Gasteiger partial charge is 0.457 e. The number of esters is 1. The van der Waals surface area contributed by atoms with E-state index in [1.807, 2.05) is 31.2 Å². The summed E-state index contributed by atoms with van der Waals surface area (Å²) in [5.74, 6) is -2.02. The van der Waals surface area contributed by atoms with Crippen molar-refractivity contribution in [3.8, 4) is 0 Å². The van der Waals surface area contributed by atoms with Gasteiger partial charge in [0.05, 0.1) is 14.2 Å². The Bertz CT molecular complexity index is 1650. The van der Waals surface area contributed by atoms with E-state index in [0.717, 1.165) is 16.3 Å². The van der Waals surface area contributed by atoms with E-state index >= 15 is 0 Å². The number of rotatable bonds is 8. The number of hydrogen-bond donors (Lipinski definition) is 2. The van der Waals surface area contributed by atoms with Crippen LogP contribution in [0.4, 0.5) is 10.5 Å². The Morgan fingerprint density at radius 3 is 2.41 bits per heavy atom. The molecule has 212 valence electrons. The first-order valence-corrected chi connectivity index (χ1v) is 13.2. The van der Waals surface area contributed by atoms with Crippen LogP contribution in [-0.4, -0.2) is 35.1 Å². The number of ether oxygens (including phenoxy) is 2. The normalized spacial score (nSPS) is 13.0. The van der Waals surface area contributed by atoms with E-state index in [1.54, 1.807) is 70.4 Å². The molecule has 0 bridgehead atoms. The summed E-state index contributed by atoms with van der Waals surface area (Å²) in [6.07, 6.45) is 2.73. The molecule has 3 aromatic carbocycles. The van der Waals surface area contributed by atoms with Gasteiger partial charge in [0.25, 0.3) is 0 Å². The summed E-state index contributed by atoms with van der Waals surface area (Å²) >= 11 is 0. The molecule has 0 spiro atoms. The fourth-order valence-corrected chi connectivity index (χ4v) is 4.24. The van der Waals surface area contributed by atoms with Gasteiger partial charge in [0.15, 0.2) is 0 Å². The minimum atomic E-state index is -2.43. The van der Waals surface area contributed by atoms with Crippen molar-refractivity contribution in [3.05, 3.63) is 107 Å². The Balaban J connectivity index is 1.55. The van der Waals surface area contributed by atoms with Crippen LogP contribution in [0.2, 0.25) is 0 Å². The fraction of sp³-hybridized carbons (Fsp3) is 0.273. The molecule has 0 aliphatic heterocycles. The topological polar surface area (TPSA) is 107 Å². The molecule has 8 heteroatoms. The van der Waals surface area contributed by atoms with E-state index in [2.05, 4.69) is 15.6 Å². The summed E-state index contributed by atoms with van der Waals surface area (Å²) < 4.78 is 27.4. The van der Waals surface area contributed by atoms with Crippen LogP contribution in [0.5, 0.6) is 0 Å². The van der Waals surface area contributed by atoms with Crippen molar-refractivity contribution < 1.29 is 26.6 Å². The predicted molar refractivity (Wildman–Crippen MR) is 159 cm³/mol. The smallest absolute Gasteiger partial charge is 0.407 e. The molecule has 1 aromatic heterocycles. The third-order valence-electron chi connectivity index (χ3n) is 6.25. The molecule has 2 N–H and O–H groups in total. The standard InChI is InChI=1S/C33H35N3O5/c1-21-6-13-28(22(2)16-21)31(38)40-20-23-7-9-24(10-8-23)29(19-35-32(39)41-33(3,4)5)30(37)36-27-12-11-26-18-34-15-14-25(26)17-27/h6-18,29H,19-20H2,1-5H3,(H,35,39)(H,36,37)/t29-/m1/s1/i20D2. The van der Waals surface area contributed by atoms with E-state index in [4.69, 9.17) is 12.2 Å². The zero-order chi connectivity index (χ0) is 31.4. The van der Waals surface area contributed by atoms with Gasteiger partial charge in [-0.15, -0.1) is 0 Å². The van der Waals surface area contributed by atoms with Crippen LogP contribution in [0.1, 0.15) is 62.0 Å². The third kappa shape index (κ3) is 8.14. The van der Waals surface area contributed by atoms with Gasteiger partial charge in [-0.3, -0.25) is 9.78 Å². The van der Waals surface area contributed by atoms with Crippen molar-refractivity contribution in [2.24, 2.45) is 0 Å². The van der Waals surface area contributed by atoms with E-state index in [9.17, 15) is 14.4 Å². The lowest BCUT2D eigenvalue weighted by Gasteiger charge is -2.22. The number of pyridine rings is 1. The molecule has 1 atom stereocenters. The van der Waals surface area contributed by atoms with Crippen LogP contribution in [0.25, 0.3) is 10.8 Å². The van der Waals surface area contributed by atoms with Crippen molar-refractivity contribution in [1.82, 2.24) is 10.3 Å². The van der Waals surface area contributed by atoms with Crippen LogP contribution < -0.4 is 10.6 Å². The van der Waals surface area contributed by atoms with Gasteiger partial charge in [-0.2, -0.15) is 0 Å². The van der Waals surface area contributed by atoms with Gasteiger partial charge < -0.3 is 20.1 Å². The van der Waals surface area contributed by atoms with Gasteiger partial charge in [-0.05, 0) is 81.0 Å². The first-order valence-electron chi connectivity index (χ1n) is 14.2. The number of fused-ring (bicyclic) bond motifs is 1. The highest BCUT2D eigenvalue weighted by Crippen LogP contribution is 2.23. The van der Waals surface area contributed by atoms with Crippen LogP contribution in [0.3, 0.4) is 0 Å². The molecule has 0 unspecified atom stereocenters. The van der Waals surface area contributed by atoms with Crippen molar-refractivity contribution in [3.63, 3.8) is 0 Å². The molecule has 0 radical (unpaired) electrons. The van der Waals surface area contributed by atoms with Crippen molar-refractivity contribution >= 4 is 34.4 Å². The van der Waals surface area contributed by atoms with Gasteiger partial charge >= 0.3 is 12.1 Å². The number of anilines is 1. The number of alkyl carbamates (subject to hydrolysis) is 1. The number of nitrogens with zero attached hydrogens (tertiary/aromatic N) is 1. The SMILES string of the molecule is [2H]C([2H])(OC(=O)c1ccc(C)cc1C)c1ccc([C@@H](CNC(=O)OC(C)(C)C)C(=O)Nc2ccc3cnccc3c2)cc1. The summed E-state index contributed by atoms with van der Waals surface area (Å²) in [5, 5.41) is 7.39. The van der Waals surface area contributed by atoms with Crippen molar-refractivity contribution in [2.45, 2.75) is 52.7 Å². The third-order valence-corrected chi connectivity index (χ3v) is 6.25. The number of benzene rings is 3. The van der Waals surface area contributed by atoms with E-state index < -0.39 is 30.1 Å². The second kappa shape index (κ2) is 12.6. The van der Waals surface area contributed by atoms with Crippen molar-refractivity contribution in [2.75, 3.05) is 11.9 Å². The second-order valence-electron chi connectivity index (χ2n) is 10.8. The summed E-state index contributed by atoms with van der Waals surface area (Å²) in [6.45, 7) is 6.38. The predicted octanol–water partition coefficient (Wildman–Crippen LogP) is 6.46. The molecule has 0 saturated heterocycles. The summed E-state index contributed by atoms with van der Waals surface area (Å²) in [6, 6.07) is 18.6. The zero-order valence-electron chi connectivity index (χ0n) is 25.8. The molecule has 4 aromatic rings. The number of hydrogen-bond acceptors (Lipinski definition) is 6. The van der Waals surface area contributed by atoms with Gasteiger partial charge in [0.2, 0.25) is 5.91 Å². The van der Waals surface area contributed by atoms with Gasteiger partial charge in [-0.25, -0.2) is 9.59 Å². The van der Waals surface area contributed by atoms with Crippen LogP contribution >= 0.6 is 0 Å². The molecule has 0 saturated carbocycles. The Kier molecular flexibility index (Phi) is 8.17. The molecule has 0 aliphatic rings. The molecule has 4 rings (SSSR count). The second-order valence-corrected chi connectivity index (χ2v) is 10.8. The van der Waals surface area contributed by atoms with Gasteiger partial charge in [0.1, 0.15) is 12.2 Å². The first kappa shape index (κ1) is 26.5. The summed E-state index contributed by atoms with van der Waals surface area (Å²) in [7, 11) is 0. The molecule has 1 heterocycles. The summed E-state index contributed by atoms with van der Waals surface area (Å²) in [5.41, 5.74) is 2.40. The first-order chi connectivity index (χ1) is 20.2. The molecule has 0 aliphatic carbocycles. The number of carbonyl (C=O) groups excluding carboxylic acids is 3. The Morgan fingerprint density at radius 2 is 1.71 bits per heavy atom. The number of carbonyl (C=O) groups is 3. The highest BCUT2D eigenvalue weighted by atomic mass is 16.6. The van der Waals surface area contributed by atoms with E-state index in [1.165, 1.54) is 12.1 Å². The minimum absolute atomic E-state index is 0.0772. The molecule has 2 amide bonds. The average molecular weight is 556 g/mol. The maximum Gasteiger partial charge on any atom is 0.407 e. The Hall–Kier alpha value is -4.72. The Morgan fingerprint density at radius 1 is 0.951 bits per heavy atom. The minimum Gasteiger partial charge on any atom is -0.457 e. The van der Waals surface area contributed by atoms with Crippen LogP contribution in [0, 0.1) is 13.8 Å². The maximum atomic E-state index is 13.5.